The second-order valence-corrected chi connectivity index (χ2v) is 6.73. The van der Waals surface area contributed by atoms with Crippen LogP contribution < -0.4 is 11.2 Å². The van der Waals surface area contributed by atoms with E-state index in [2.05, 4.69) is 43.4 Å². The van der Waals surface area contributed by atoms with Gasteiger partial charge in [0.25, 0.3) is 5.91 Å². The van der Waals surface area contributed by atoms with Crippen molar-refractivity contribution < 1.29 is 9.90 Å². The molecule has 0 aliphatic rings. The van der Waals surface area contributed by atoms with Gasteiger partial charge in [0.15, 0.2) is 0 Å². The molecule has 0 aromatic heterocycles. The third-order valence-corrected chi connectivity index (χ3v) is 3.78. The summed E-state index contributed by atoms with van der Waals surface area (Å²) in [5.41, 5.74) is 11.9. The third-order valence-electron chi connectivity index (χ3n) is 3.78. The Kier molecular flexibility index (Phi) is 4.93. The van der Waals surface area contributed by atoms with Gasteiger partial charge in [-0.25, -0.2) is 0 Å². The third kappa shape index (κ3) is 4.13. The van der Waals surface area contributed by atoms with Gasteiger partial charge in [-0.3, -0.25) is 10.2 Å². The molecule has 0 saturated carbocycles. The van der Waals surface area contributed by atoms with Crippen LogP contribution in [0.5, 0.6) is 5.75 Å². The standard InChI is InChI=1S/C19H23N3O2/c1-12(13-5-10-17(23)16(11-13)18(20)24)21-22-15-8-6-14(7-9-15)19(2,3)4/h5-11,22-23H,1-4H3,(H2,20,24). The van der Waals surface area contributed by atoms with Crippen molar-refractivity contribution >= 4 is 17.3 Å². The fraction of sp³-hybridized carbons (Fsp3) is 0.263. The van der Waals surface area contributed by atoms with Gasteiger partial charge < -0.3 is 10.8 Å². The molecule has 5 nitrogen and oxygen atoms in total. The molecular formula is C19H23N3O2. The maximum atomic E-state index is 11.3. The zero-order valence-electron chi connectivity index (χ0n) is 14.4. The number of phenols is 1. The summed E-state index contributed by atoms with van der Waals surface area (Å²) in [7, 11) is 0. The first kappa shape index (κ1) is 17.5. The van der Waals surface area contributed by atoms with E-state index < -0.39 is 5.91 Å². The Morgan fingerprint density at radius 1 is 1.12 bits per heavy atom. The topological polar surface area (TPSA) is 87.7 Å². The number of anilines is 1. The molecule has 5 heteroatoms. The zero-order valence-corrected chi connectivity index (χ0v) is 14.4. The molecule has 2 aromatic carbocycles. The van der Waals surface area contributed by atoms with Gasteiger partial charge in [0.1, 0.15) is 5.75 Å². The van der Waals surface area contributed by atoms with Crippen LogP contribution in [0.1, 0.15) is 49.2 Å². The number of carbonyl (C=O) groups excluding carboxylic acids is 1. The summed E-state index contributed by atoms with van der Waals surface area (Å²) >= 11 is 0. The summed E-state index contributed by atoms with van der Waals surface area (Å²) in [6.07, 6.45) is 0. The second kappa shape index (κ2) is 6.74. The fourth-order valence-corrected chi connectivity index (χ4v) is 2.22. The van der Waals surface area contributed by atoms with Crippen LogP contribution in [0.2, 0.25) is 0 Å². The lowest BCUT2D eigenvalue weighted by Gasteiger charge is -2.19. The molecule has 0 aliphatic carbocycles. The average molecular weight is 325 g/mol. The lowest BCUT2D eigenvalue weighted by atomic mass is 9.87. The smallest absolute Gasteiger partial charge is 0.252 e. The van der Waals surface area contributed by atoms with Crippen molar-refractivity contribution in [2.45, 2.75) is 33.1 Å². The van der Waals surface area contributed by atoms with Gasteiger partial charge in [0, 0.05) is 0 Å². The fourth-order valence-electron chi connectivity index (χ4n) is 2.22. The summed E-state index contributed by atoms with van der Waals surface area (Å²) in [5, 5.41) is 13.9. The quantitative estimate of drug-likeness (QED) is 0.592. The number of hydrazone groups is 1. The van der Waals surface area contributed by atoms with E-state index in [0.29, 0.717) is 11.3 Å². The molecule has 0 unspecified atom stereocenters. The van der Waals surface area contributed by atoms with Crippen molar-refractivity contribution in [2.24, 2.45) is 10.8 Å². The van der Waals surface area contributed by atoms with Crippen LogP contribution in [0.4, 0.5) is 5.69 Å². The van der Waals surface area contributed by atoms with Gasteiger partial charge in [0.05, 0.1) is 17.0 Å². The Hall–Kier alpha value is -2.82. The predicted octanol–water partition coefficient (Wildman–Crippen LogP) is 3.62. The van der Waals surface area contributed by atoms with Crippen LogP contribution in [0.25, 0.3) is 0 Å². The largest absolute Gasteiger partial charge is 0.507 e. The predicted molar refractivity (Wildman–Crippen MR) is 97.6 cm³/mol. The normalized spacial score (nSPS) is 12.1. The molecule has 0 aliphatic heterocycles. The average Bonchev–Trinajstić information content (AvgIpc) is 2.52. The number of rotatable bonds is 4. The van der Waals surface area contributed by atoms with Gasteiger partial charge in [-0.05, 0) is 53.8 Å². The van der Waals surface area contributed by atoms with Crippen LogP contribution in [-0.2, 0) is 5.41 Å². The van der Waals surface area contributed by atoms with E-state index >= 15 is 0 Å². The molecule has 126 valence electrons. The Morgan fingerprint density at radius 3 is 2.29 bits per heavy atom. The number of nitrogens with zero attached hydrogens (tertiary/aromatic N) is 1. The van der Waals surface area contributed by atoms with E-state index in [-0.39, 0.29) is 16.7 Å². The zero-order chi connectivity index (χ0) is 17.9. The molecule has 1 amide bonds. The SMILES string of the molecule is CC(=NNc1ccc(C(C)(C)C)cc1)c1ccc(O)c(C(N)=O)c1. The van der Waals surface area contributed by atoms with E-state index in [0.717, 1.165) is 5.69 Å². The molecule has 4 N–H and O–H groups in total. The van der Waals surface area contributed by atoms with Crippen molar-refractivity contribution in [3.8, 4) is 5.75 Å². The number of benzene rings is 2. The highest BCUT2D eigenvalue weighted by Gasteiger charge is 2.13. The molecule has 2 aromatic rings. The first-order valence-corrected chi connectivity index (χ1v) is 7.72. The number of hydrogen-bond acceptors (Lipinski definition) is 4. The second-order valence-electron chi connectivity index (χ2n) is 6.73. The molecule has 0 radical (unpaired) electrons. The molecule has 2 rings (SSSR count). The van der Waals surface area contributed by atoms with Crippen molar-refractivity contribution in [2.75, 3.05) is 5.43 Å². The minimum absolute atomic E-state index is 0.0802. The van der Waals surface area contributed by atoms with Crippen molar-refractivity contribution in [1.82, 2.24) is 0 Å². The van der Waals surface area contributed by atoms with Crippen molar-refractivity contribution in [3.05, 3.63) is 59.2 Å². The number of aromatic hydroxyl groups is 1. The number of carbonyl (C=O) groups is 1. The van der Waals surface area contributed by atoms with Gasteiger partial charge in [-0.2, -0.15) is 5.10 Å². The highest BCUT2D eigenvalue weighted by Crippen LogP contribution is 2.23. The molecule has 0 fully saturated rings. The highest BCUT2D eigenvalue weighted by molar-refractivity contribution is 6.03. The lowest BCUT2D eigenvalue weighted by Crippen LogP contribution is -2.12. The first-order chi connectivity index (χ1) is 11.2. The molecule has 0 spiro atoms. The van der Waals surface area contributed by atoms with Crippen molar-refractivity contribution in [1.29, 1.82) is 0 Å². The molecule has 0 heterocycles. The van der Waals surface area contributed by atoms with Crippen molar-refractivity contribution in [3.63, 3.8) is 0 Å². The number of nitrogens with one attached hydrogen (secondary N) is 1. The lowest BCUT2D eigenvalue weighted by molar-refractivity contribution is 0.0997. The summed E-state index contributed by atoms with van der Waals surface area (Å²) in [5.74, 6) is -0.808. The maximum absolute atomic E-state index is 11.3. The van der Waals surface area contributed by atoms with E-state index in [1.165, 1.54) is 17.7 Å². The van der Waals surface area contributed by atoms with E-state index in [1.54, 1.807) is 6.07 Å². The highest BCUT2D eigenvalue weighted by atomic mass is 16.3. The van der Waals surface area contributed by atoms with E-state index in [1.807, 2.05) is 19.1 Å². The molecule has 0 atom stereocenters. The van der Waals surface area contributed by atoms with Crippen LogP contribution in [0.15, 0.2) is 47.6 Å². The van der Waals surface area contributed by atoms with Crippen LogP contribution in [-0.4, -0.2) is 16.7 Å². The van der Waals surface area contributed by atoms with E-state index in [9.17, 15) is 9.90 Å². The number of nitrogens with two attached hydrogens (primary N) is 1. The summed E-state index contributed by atoms with van der Waals surface area (Å²) in [6.45, 7) is 8.31. The summed E-state index contributed by atoms with van der Waals surface area (Å²) < 4.78 is 0. The number of primary amides is 1. The van der Waals surface area contributed by atoms with Gasteiger partial charge >= 0.3 is 0 Å². The van der Waals surface area contributed by atoms with Gasteiger partial charge in [-0.15, -0.1) is 0 Å². The molecule has 0 saturated heterocycles. The van der Waals surface area contributed by atoms with Crippen LogP contribution in [0, 0.1) is 0 Å². The molecular weight excluding hydrogens is 302 g/mol. The minimum atomic E-state index is -0.673. The summed E-state index contributed by atoms with van der Waals surface area (Å²) in [6, 6.07) is 12.7. The first-order valence-electron chi connectivity index (χ1n) is 7.72. The van der Waals surface area contributed by atoms with Gasteiger partial charge in [-0.1, -0.05) is 32.9 Å². The van der Waals surface area contributed by atoms with Crippen LogP contribution in [0.3, 0.4) is 0 Å². The molecule has 0 bridgehead atoms. The van der Waals surface area contributed by atoms with Gasteiger partial charge in [0.2, 0.25) is 0 Å². The summed E-state index contributed by atoms with van der Waals surface area (Å²) in [4.78, 5) is 11.3. The Balaban J connectivity index is 2.17. The Labute approximate surface area is 142 Å². The Bertz CT molecular complexity index is 772. The maximum Gasteiger partial charge on any atom is 0.252 e. The monoisotopic (exact) mass is 325 g/mol. The van der Waals surface area contributed by atoms with Crippen LogP contribution >= 0.6 is 0 Å². The number of amides is 1. The Morgan fingerprint density at radius 2 is 1.75 bits per heavy atom. The number of hydrogen-bond donors (Lipinski definition) is 3. The minimum Gasteiger partial charge on any atom is -0.507 e. The van der Waals surface area contributed by atoms with E-state index in [4.69, 9.17) is 5.73 Å². The molecule has 24 heavy (non-hydrogen) atoms.